The first kappa shape index (κ1) is 12.7. The third kappa shape index (κ3) is 1.96. The molecule has 0 radical (unpaired) electrons. The number of hydrogen-bond acceptors (Lipinski definition) is 2. The second kappa shape index (κ2) is 4.97. The molecule has 1 aliphatic carbocycles. The standard InChI is InChI=1S/C16H21NO2/c18-12-14-8-4-11-17(14)15(19)16(9-5-10-16)13-6-2-1-3-7-13/h1-3,6-7,14,18H,4-5,8-12H2/t14-/m0/s1. The zero-order valence-corrected chi connectivity index (χ0v) is 11.2. The first-order chi connectivity index (χ1) is 9.28. The van der Waals surface area contributed by atoms with Crippen molar-refractivity contribution in [2.45, 2.75) is 43.6 Å². The van der Waals surface area contributed by atoms with E-state index in [9.17, 15) is 9.90 Å². The van der Waals surface area contributed by atoms with Crippen LogP contribution in [0, 0.1) is 0 Å². The van der Waals surface area contributed by atoms with E-state index in [1.807, 2.05) is 23.1 Å². The molecule has 0 spiro atoms. The smallest absolute Gasteiger partial charge is 0.233 e. The van der Waals surface area contributed by atoms with Crippen molar-refractivity contribution in [2.24, 2.45) is 0 Å². The first-order valence-electron chi connectivity index (χ1n) is 7.25. The zero-order chi connectivity index (χ0) is 13.3. The molecule has 1 aliphatic heterocycles. The maximum Gasteiger partial charge on any atom is 0.233 e. The van der Waals surface area contributed by atoms with Crippen LogP contribution in [-0.4, -0.2) is 35.1 Å². The van der Waals surface area contributed by atoms with Crippen LogP contribution in [0.4, 0.5) is 0 Å². The fourth-order valence-electron chi connectivity index (χ4n) is 3.48. The van der Waals surface area contributed by atoms with Crippen LogP contribution in [0.1, 0.15) is 37.7 Å². The molecule has 1 atom stereocenters. The van der Waals surface area contributed by atoms with Crippen LogP contribution < -0.4 is 0 Å². The van der Waals surface area contributed by atoms with Gasteiger partial charge in [0.1, 0.15) is 0 Å². The van der Waals surface area contributed by atoms with Crippen molar-refractivity contribution >= 4 is 5.91 Å². The summed E-state index contributed by atoms with van der Waals surface area (Å²) in [7, 11) is 0. The number of nitrogens with zero attached hydrogens (tertiary/aromatic N) is 1. The lowest BCUT2D eigenvalue weighted by Gasteiger charge is -2.44. The van der Waals surface area contributed by atoms with Crippen molar-refractivity contribution in [1.82, 2.24) is 4.90 Å². The highest BCUT2D eigenvalue weighted by Crippen LogP contribution is 2.46. The van der Waals surface area contributed by atoms with Gasteiger partial charge in [0.25, 0.3) is 0 Å². The van der Waals surface area contributed by atoms with Gasteiger partial charge in [-0.2, -0.15) is 0 Å². The van der Waals surface area contributed by atoms with Gasteiger partial charge in [-0.25, -0.2) is 0 Å². The van der Waals surface area contributed by atoms with Gasteiger partial charge in [-0.05, 0) is 31.2 Å². The fraction of sp³-hybridized carbons (Fsp3) is 0.562. The molecule has 102 valence electrons. The maximum atomic E-state index is 12.9. The monoisotopic (exact) mass is 259 g/mol. The minimum atomic E-state index is -0.307. The molecule has 3 heteroatoms. The van der Waals surface area contributed by atoms with Gasteiger partial charge in [0.05, 0.1) is 18.1 Å². The van der Waals surface area contributed by atoms with Crippen LogP contribution in [0.25, 0.3) is 0 Å². The summed E-state index contributed by atoms with van der Waals surface area (Å²) >= 11 is 0. The highest BCUT2D eigenvalue weighted by atomic mass is 16.3. The largest absolute Gasteiger partial charge is 0.394 e. The molecule has 3 rings (SSSR count). The molecule has 0 aromatic heterocycles. The Morgan fingerprint density at radius 1 is 1.26 bits per heavy atom. The van der Waals surface area contributed by atoms with Crippen LogP contribution in [-0.2, 0) is 10.2 Å². The van der Waals surface area contributed by atoms with E-state index in [1.165, 1.54) is 0 Å². The lowest BCUT2D eigenvalue weighted by molar-refractivity contribution is -0.142. The predicted molar refractivity (Wildman–Crippen MR) is 73.8 cm³/mol. The number of benzene rings is 1. The van der Waals surface area contributed by atoms with Gasteiger partial charge in [-0.15, -0.1) is 0 Å². The van der Waals surface area contributed by atoms with E-state index < -0.39 is 0 Å². The molecule has 19 heavy (non-hydrogen) atoms. The molecular formula is C16H21NO2. The lowest BCUT2D eigenvalue weighted by atomic mass is 9.63. The number of carbonyl (C=O) groups excluding carboxylic acids is 1. The highest BCUT2D eigenvalue weighted by molar-refractivity contribution is 5.89. The molecule has 1 saturated heterocycles. The first-order valence-corrected chi connectivity index (χ1v) is 7.25. The van der Waals surface area contributed by atoms with Crippen molar-refractivity contribution in [3.63, 3.8) is 0 Å². The van der Waals surface area contributed by atoms with E-state index in [2.05, 4.69) is 12.1 Å². The van der Waals surface area contributed by atoms with Crippen molar-refractivity contribution in [3.05, 3.63) is 35.9 Å². The SMILES string of the molecule is O=C(N1CCC[C@H]1CO)C1(c2ccccc2)CCC1. The summed E-state index contributed by atoms with van der Waals surface area (Å²) in [6.45, 7) is 0.898. The van der Waals surface area contributed by atoms with Crippen molar-refractivity contribution in [3.8, 4) is 0 Å². The Hall–Kier alpha value is -1.35. The van der Waals surface area contributed by atoms with E-state index >= 15 is 0 Å². The summed E-state index contributed by atoms with van der Waals surface area (Å²) in [5.74, 6) is 0.238. The third-order valence-corrected chi connectivity index (χ3v) is 4.79. The normalized spacial score (nSPS) is 25.1. The summed E-state index contributed by atoms with van der Waals surface area (Å²) in [4.78, 5) is 14.9. The molecule has 3 nitrogen and oxygen atoms in total. The van der Waals surface area contributed by atoms with Gasteiger partial charge in [-0.1, -0.05) is 36.8 Å². The maximum absolute atomic E-state index is 12.9. The minimum Gasteiger partial charge on any atom is -0.394 e. The third-order valence-electron chi connectivity index (χ3n) is 4.79. The van der Waals surface area contributed by atoms with E-state index in [4.69, 9.17) is 0 Å². The Bertz CT molecular complexity index is 453. The van der Waals surface area contributed by atoms with Crippen LogP contribution in [0.15, 0.2) is 30.3 Å². The predicted octanol–water partition coefficient (Wildman–Crippen LogP) is 2.09. The molecule has 1 aromatic carbocycles. The zero-order valence-electron chi connectivity index (χ0n) is 11.2. The Balaban J connectivity index is 1.88. The molecule has 1 aromatic rings. The van der Waals surface area contributed by atoms with E-state index in [0.29, 0.717) is 0 Å². The van der Waals surface area contributed by atoms with Gasteiger partial charge < -0.3 is 10.0 Å². The van der Waals surface area contributed by atoms with E-state index in [-0.39, 0.29) is 24.0 Å². The second-order valence-corrected chi connectivity index (χ2v) is 5.78. The fourth-order valence-corrected chi connectivity index (χ4v) is 3.48. The second-order valence-electron chi connectivity index (χ2n) is 5.78. The summed E-state index contributed by atoms with van der Waals surface area (Å²) in [5.41, 5.74) is 0.841. The lowest BCUT2D eigenvalue weighted by Crippen LogP contribution is -2.53. The highest BCUT2D eigenvalue weighted by Gasteiger charge is 2.49. The van der Waals surface area contributed by atoms with Crippen LogP contribution in [0.3, 0.4) is 0 Å². The average Bonchev–Trinajstić information content (AvgIpc) is 2.87. The Morgan fingerprint density at radius 2 is 2.00 bits per heavy atom. The van der Waals surface area contributed by atoms with E-state index in [0.717, 1.165) is 44.2 Å². The van der Waals surface area contributed by atoms with Crippen LogP contribution in [0.2, 0.25) is 0 Å². The summed E-state index contributed by atoms with van der Waals surface area (Å²) in [5, 5.41) is 9.42. The van der Waals surface area contributed by atoms with Crippen molar-refractivity contribution in [1.29, 1.82) is 0 Å². The summed E-state index contributed by atoms with van der Waals surface area (Å²) in [6, 6.07) is 10.2. The van der Waals surface area contributed by atoms with Crippen molar-refractivity contribution in [2.75, 3.05) is 13.2 Å². The molecule has 1 heterocycles. The molecule has 2 aliphatic rings. The number of aliphatic hydroxyl groups is 1. The molecule has 1 saturated carbocycles. The van der Waals surface area contributed by atoms with Gasteiger partial charge in [0, 0.05) is 6.54 Å². The van der Waals surface area contributed by atoms with Gasteiger partial charge in [0.15, 0.2) is 0 Å². The van der Waals surface area contributed by atoms with Gasteiger partial charge in [0.2, 0.25) is 5.91 Å². The molecule has 0 bridgehead atoms. The number of likely N-dealkylation sites (tertiary alicyclic amines) is 1. The Kier molecular flexibility index (Phi) is 3.31. The Labute approximate surface area is 114 Å². The quantitative estimate of drug-likeness (QED) is 0.903. The van der Waals surface area contributed by atoms with Gasteiger partial charge >= 0.3 is 0 Å². The number of rotatable bonds is 3. The van der Waals surface area contributed by atoms with Gasteiger partial charge in [-0.3, -0.25) is 4.79 Å². The molecule has 1 N–H and O–H groups in total. The number of carbonyl (C=O) groups is 1. The molecule has 0 unspecified atom stereocenters. The number of aliphatic hydroxyl groups excluding tert-OH is 1. The number of hydrogen-bond donors (Lipinski definition) is 1. The summed E-state index contributed by atoms with van der Waals surface area (Å²) < 4.78 is 0. The average molecular weight is 259 g/mol. The topological polar surface area (TPSA) is 40.5 Å². The minimum absolute atomic E-state index is 0.0358. The molecule has 2 fully saturated rings. The Morgan fingerprint density at radius 3 is 2.58 bits per heavy atom. The van der Waals surface area contributed by atoms with E-state index in [1.54, 1.807) is 0 Å². The van der Waals surface area contributed by atoms with Crippen LogP contribution >= 0.6 is 0 Å². The summed E-state index contributed by atoms with van der Waals surface area (Å²) in [6.07, 6.45) is 4.97. The molecule has 1 amide bonds. The molecular weight excluding hydrogens is 238 g/mol. The van der Waals surface area contributed by atoms with Crippen LogP contribution in [0.5, 0.6) is 0 Å². The number of amides is 1. The van der Waals surface area contributed by atoms with Crippen molar-refractivity contribution < 1.29 is 9.90 Å².